The number of halogens is 2. The van der Waals surface area contributed by atoms with Gasteiger partial charge in [0, 0.05) is 38.3 Å². The number of hydrogen-bond donors (Lipinski definition) is 0. The SMILES string of the molecule is Br.Br.CC(CCc1ccc2c(c1)OCO2)N1CCN(C(C)CCc2ccc3c(c2)OCO3)CC1. The van der Waals surface area contributed by atoms with Gasteiger partial charge in [0.15, 0.2) is 23.0 Å². The van der Waals surface area contributed by atoms with Gasteiger partial charge >= 0.3 is 0 Å². The van der Waals surface area contributed by atoms with Crippen molar-refractivity contribution in [1.29, 1.82) is 0 Å². The van der Waals surface area contributed by atoms with Crippen LogP contribution in [0.25, 0.3) is 0 Å². The molecule has 188 valence electrons. The normalized spacial score (nSPS) is 18.6. The summed E-state index contributed by atoms with van der Waals surface area (Å²) in [5.74, 6) is 3.51. The van der Waals surface area contributed by atoms with Gasteiger partial charge in [-0.3, -0.25) is 9.80 Å². The summed E-state index contributed by atoms with van der Waals surface area (Å²) in [7, 11) is 0. The van der Waals surface area contributed by atoms with Gasteiger partial charge in [0.1, 0.15) is 0 Å². The average Bonchev–Trinajstić information content (AvgIpc) is 3.49. The monoisotopic (exact) mass is 598 g/mol. The molecule has 3 aliphatic rings. The largest absolute Gasteiger partial charge is 0.454 e. The molecule has 2 aromatic rings. The minimum Gasteiger partial charge on any atom is -0.454 e. The van der Waals surface area contributed by atoms with E-state index in [0.29, 0.717) is 25.7 Å². The highest BCUT2D eigenvalue weighted by Crippen LogP contribution is 2.34. The summed E-state index contributed by atoms with van der Waals surface area (Å²) in [6, 6.07) is 13.8. The van der Waals surface area contributed by atoms with Crippen molar-refractivity contribution in [3.63, 3.8) is 0 Å². The van der Waals surface area contributed by atoms with E-state index in [4.69, 9.17) is 18.9 Å². The first-order valence-corrected chi connectivity index (χ1v) is 11.9. The lowest BCUT2D eigenvalue weighted by molar-refractivity contribution is 0.0736. The Hall–Kier alpha value is -1.48. The van der Waals surface area contributed by atoms with E-state index < -0.39 is 0 Å². The molecule has 0 aliphatic carbocycles. The predicted octanol–water partition coefficient (Wildman–Crippen LogP) is 5.26. The lowest BCUT2D eigenvalue weighted by Gasteiger charge is -2.40. The molecule has 1 fully saturated rings. The van der Waals surface area contributed by atoms with Gasteiger partial charge in [0.25, 0.3) is 0 Å². The average molecular weight is 600 g/mol. The molecular formula is C26H36Br2N2O4. The van der Waals surface area contributed by atoms with Gasteiger partial charge < -0.3 is 18.9 Å². The van der Waals surface area contributed by atoms with Gasteiger partial charge in [-0.25, -0.2) is 0 Å². The molecule has 0 amide bonds. The second kappa shape index (κ2) is 12.5. The topological polar surface area (TPSA) is 43.4 Å². The second-order valence-electron chi connectivity index (χ2n) is 9.22. The zero-order chi connectivity index (χ0) is 21.9. The number of aryl methyl sites for hydroxylation is 2. The van der Waals surface area contributed by atoms with Crippen LogP contribution >= 0.6 is 34.0 Å². The van der Waals surface area contributed by atoms with Gasteiger partial charge in [0.05, 0.1) is 0 Å². The van der Waals surface area contributed by atoms with Crippen molar-refractivity contribution in [3.05, 3.63) is 47.5 Å². The maximum atomic E-state index is 5.51. The van der Waals surface area contributed by atoms with Crippen LogP contribution in [0.2, 0.25) is 0 Å². The van der Waals surface area contributed by atoms with Crippen LogP contribution in [0.4, 0.5) is 0 Å². The highest BCUT2D eigenvalue weighted by molar-refractivity contribution is 8.93. The van der Waals surface area contributed by atoms with Gasteiger partial charge in [-0.15, -0.1) is 34.0 Å². The van der Waals surface area contributed by atoms with Crippen LogP contribution in [0, 0.1) is 0 Å². The molecule has 1 saturated heterocycles. The first-order chi connectivity index (χ1) is 15.7. The Morgan fingerprint density at radius 3 is 1.41 bits per heavy atom. The Morgan fingerprint density at radius 1 is 0.618 bits per heavy atom. The van der Waals surface area contributed by atoms with E-state index in [-0.39, 0.29) is 34.0 Å². The number of rotatable bonds is 8. The first kappa shape index (κ1) is 27.1. The molecule has 0 bridgehead atoms. The third-order valence-corrected chi connectivity index (χ3v) is 7.17. The van der Waals surface area contributed by atoms with Crippen LogP contribution in [0.5, 0.6) is 23.0 Å². The van der Waals surface area contributed by atoms with Gasteiger partial charge in [0.2, 0.25) is 13.6 Å². The van der Waals surface area contributed by atoms with Gasteiger partial charge in [-0.2, -0.15) is 0 Å². The smallest absolute Gasteiger partial charge is 0.231 e. The van der Waals surface area contributed by atoms with E-state index in [2.05, 4.69) is 47.9 Å². The zero-order valence-electron chi connectivity index (χ0n) is 20.0. The molecule has 2 aromatic carbocycles. The summed E-state index contributed by atoms with van der Waals surface area (Å²) in [5.41, 5.74) is 2.66. The van der Waals surface area contributed by atoms with Crippen molar-refractivity contribution in [2.45, 2.75) is 51.6 Å². The third kappa shape index (κ3) is 6.39. The van der Waals surface area contributed by atoms with E-state index in [1.165, 1.54) is 24.0 Å². The van der Waals surface area contributed by atoms with Crippen LogP contribution in [0.15, 0.2) is 36.4 Å². The third-order valence-electron chi connectivity index (χ3n) is 7.17. The minimum atomic E-state index is 0. The Morgan fingerprint density at radius 2 is 1.00 bits per heavy atom. The van der Waals surface area contributed by atoms with E-state index in [1.807, 2.05) is 12.1 Å². The fourth-order valence-corrected chi connectivity index (χ4v) is 4.93. The number of ether oxygens (including phenoxy) is 4. The molecule has 34 heavy (non-hydrogen) atoms. The molecule has 2 atom stereocenters. The predicted molar refractivity (Wildman–Crippen MR) is 144 cm³/mol. The van der Waals surface area contributed by atoms with Crippen LogP contribution in [0.1, 0.15) is 37.8 Å². The molecule has 2 unspecified atom stereocenters. The van der Waals surface area contributed by atoms with Crippen molar-refractivity contribution < 1.29 is 18.9 Å². The molecular weight excluding hydrogens is 564 g/mol. The van der Waals surface area contributed by atoms with Crippen LogP contribution in [-0.2, 0) is 12.8 Å². The number of nitrogens with zero attached hydrogens (tertiary/aromatic N) is 2. The molecule has 3 heterocycles. The van der Waals surface area contributed by atoms with Crippen molar-refractivity contribution in [2.24, 2.45) is 0 Å². The van der Waals surface area contributed by atoms with Crippen molar-refractivity contribution in [2.75, 3.05) is 39.8 Å². The van der Waals surface area contributed by atoms with Crippen LogP contribution < -0.4 is 18.9 Å². The molecule has 3 aliphatic heterocycles. The highest BCUT2D eigenvalue weighted by Gasteiger charge is 2.24. The van der Waals surface area contributed by atoms with E-state index >= 15 is 0 Å². The maximum absolute atomic E-state index is 5.51. The highest BCUT2D eigenvalue weighted by atomic mass is 79.9. The lowest BCUT2D eigenvalue weighted by Crippen LogP contribution is -2.52. The molecule has 0 N–H and O–H groups in total. The van der Waals surface area contributed by atoms with E-state index in [1.54, 1.807) is 0 Å². The lowest BCUT2D eigenvalue weighted by atomic mass is 10.0. The molecule has 6 nitrogen and oxygen atoms in total. The quantitative estimate of drug-likeness (QED) is 0.412. The Bertz CT molecular complexity index is 862. The molecule has 5 rings (SSSR count). The maximum Gasteiger partial charge on any atom is 0.231 e. The van der Waals surface area contributed by atoms with Crippen LogP contribution in [0.3, 0.4) is 0 Å². The summed E-state index contributed by atoms with van der Waals surface area (Å²) >= 11 is 0. The minimum absolute atomic E-state index is 0. The molecule has 8 heteroatoms. The van der Waals surface area contributed by atoms with Crippen molar-refractivity contribution >= 4 is 34.0 Å². The summed E-state index contributed by atoms with van der Waals surface area (Å²) in [6.45, 7) is 10.0. The Labute approximate surface area is 224 Å². The fraction of sp³-hybridized carbons (Fsp3) is 0.538. The van der Waals surface area contributed by atoms with Crippen LogP contribution in [-0.4, -0.2) is 61.6 Å². The zero-order valence-corrected chi connectivity index (χ0v) is 23.5. The standard InChI is InChI=1S/C26H34N2O4.2BrH/c1-19(3-5-21-7-9-23-25(15-21)31-17-29-23)27-11-13-28(14-12-27)20(2)4-6-22-8-10-24-26(16-22)32-18-30-24;;/h7-10,15-16,19-20H,3-6,11-14,17-18H2,1-2H3;2*1H. The summed E-state index contributed by atoms with van der Waals surface area (Å²) in [5, 5.41) is 0. The van der Waals surface area contributed by atoms with Gasteiger partial charge in [-0.1, -0.05) is 12.1 Å². The van der Waals surface area contributed by atoms with E-state index in [9.17, 15) is 0 Å². The summed E-state index contributed by atoms with van der Waals surface area (Å²) in [6.07, 6.45) is 4.48. The Balaban J connectivity index is 0.00000162. The molecule has 0 saturated carbocycles. The fourth-order valence-electron chi connectivity index (χ4n) is 4.93. The number of fused-ring (bicyclic) bond motifs is 2. The van der Waals surface area contributed by atoms with Crippen molar-refractivity contribution in [1.82, 2.24) is 9.80 Å². The number of hydrogen-bond acceptors (Lipinski definition) is 6. The van der Waals surface area contributed by atoms with Crippen molar-refractivity contribution in [3.8, 4) is 23.0 Å². The number of benzene rings is 2. The second-order valence-corrected chi connectivity index (χ2v) is 9.22. The van der Waals surface area contributed by atoms with E-state index in [0.717, 1.165) is 62.0 Å². The summed E-state index contributed by atoms with van der Waals surface area (Å²) in [4.78, 5) is 5.29. The first-order valence-electron chi connectivity index (χ1n) is 11.9. The molecule has 0 aromatic heterocycles. The molecule has 0 radical (unpaired) electrons. The molecule has 0 spiro atoms. The van der Waals surface area contributed by atoms with Gasteiger partial charge in [-0.05, 0) is 74.9 Å². The number of piperazine rings is 1. The summed E-state index contributed by atoms with van der Waals surface area (Å²) < 4.78 is 21.9. The Kier molecular flexibility index (Phi) is 9.95.